The van der Waals surface area contributed by atoms with Crippen LogP contribution in [0.1, 0.15) is 38.0 Å². The standard InChI is InChI=1S/C19H23BrN2O3/c1-19(2,3)17-12-21(8-9-22(17)18(23)24)11-16-14-5-4-6-15(20)13(14)7-10-25-16/h4-6,8-9,12,16H,7,10-11H2,1-3H3,(H,23,24). The summed E-state index contributed by atoms with van der Waals surface area (Å²) in [6, 6.07) is 6.19. The minimum atomic E-state index is -0.972. The Morgan fingerprint density at radius 3 is 2.80 bits per heavy atom. The van der Waals surface area contributed by atoms with E-state index in [1.54, 1.807) is 12.4 Å². The highest BCUT2D eigenvalue weighted by Gasteiger charge is 2.30. The third-order valence-electron chi connectivity index (χ3n) is 4.48. The number of carboxylic acid groups (broad SMARTS) is 1. The summed E-state index contributed by atoms with van der Waals surface area (Å²) in [5.41, 5.74) is 2.95. The summed E-state index contributed by atoms with van der Waals surface area (Å²) in [5.74, 6) is 0. The van der Waals surface area contributed by atoms with E-state index in [2.05, 4.69) is 28.1 Å². The molecular weight excluding hydrogens is 384 g/mol. The third kappa shape index (κ3) is 3.75. The van der Waals surface area contributed by atoms with Gasteiger partial charge in [-0.15, -0.1) is 0 Å². The molecule has 0 aromatic heterocycles. The van der Waals surface area contributed by atoms with Gasteiger partial charge in [0, 0.05) is 28.5 Å². The van der Waals surface area contributed by atoms with Gasteiger partial charge < -0.3 is 14.7 Å². The number of hydrogen-bond acceptors (Lipinski definition) is 3. The van der Waals surface area contributed by atoms with E-state index < -0.39 is 6.09 Å². The largest absolute Gasteiger partial charge is 0.464 e. The predicted molar refractivity (Wildman–Crippen MR) is 99.8 cm³/mol. The highest BCUT2D eigenvalue weighted by atomic mass is 79.9. The van der Waals surface area contributed by atoms with Crippen molar-refractivity contribution in [1.82, 2.24) is 9.80 Å². The van der Waals surface area contributed by atoms with Crippen LogP contribution in [0.5, 0.6) is 0 Å². The SMILES string of the molecule is CC(C)(C)C1=CN(CC2OCCc3c(Br)cccc32)C=CN1C(=O)O. The fourth-order valence-corrected chi connectivity index (χ4v) is 3.79. The number of benzene rings is 1. The average Bonchev–Trinajstić information content (AvgIpc) is 2.55. The number of nitrogens with zero attached hydrogens (tertiary/aromatic N) is 2. The van der Waals surface area contributed by atoms with Crippen molar-refractivity contribution in [3.05, 3.63) is 58.1 Å². The van der Waals surface area contributed by atoms with Crippen molar-refractivity contribution in [3.63, 3.8) is 0 Å². The van der Waals surface area contributed by atoms with Gasteiger partial charge >= 0.3 is 6.09 Å². The van der Waals surface area contributed by atoms with E-state index in [0.29, 0.717) is 13.2 Å². The highest BCUT2D eigenvalue weighted by Crippen LogP contribution is 2.35. The number of hydrogen-bond donors (Lipinski definition) is 1. The van der Waals surface area contributed by atoms with E-state index in [1.807, 2.05) is 37.9 Å². The van der Waals surface area contributed by atoms with Crippen LogP contribution in [0, 0.1) is 5.41 Å². The molecule has 2 aliphatic rings. The number of fused-ring (bicyclic) bond motifs is 1. The monoisotopic (exact) mass is 406 g/mol. The van der Waals surface area contributed by atoms with E-state index in [9.17, 15) is 9.90 Å². The van der Waals surface area contributed by atoms with E-state index in [4.69, 9.17) is 4.74 Å². The lowest BCUT2D eigenvalue weighted by Crippen LogP contribution is -2.36. The number of amides is 1. The van der Waals surface area contributed by atoms with Crippen LogP contribution in [-0.4, -0.2) is 34.2 Å². The number of allylic oxidation sites excluding steroid dienone is 1. The molecule has 3 rings (SSSR count). The van der Waals surface area contributed by atoms with Crippen LogP contribution in [0.4, 0.5) is 4.79 Å². The molecule has 134 valence electrons. The summed E-state index contributed by atoms with van der Waals surface area (Å²) < 4.78 is 7.12. The molecule has 2 aliphatic heterocycles. The zero-order chi connectivity index (χ0) is 18.2. The molecule has 0 aliphatic carbocycles. The molecule has 1 aromatic carbocycles. The quantitative estimate of drug-likeness (QED) is 0.771. The molecule has 2 heterocycles. The Kier molecular flexibility index (Phi) is 4.93. The summed E-state index contributed by atoms with van der Waals surface area (Å²) in [4.78, 5) is 14.8. The normalized spacial score (nSPS) is 20.3. The fraction of sp³-hybridized carbons (Fsp3) is 0.421. The van der Waals surface area contributed by atoms with Gasteiger partial charge in [0.05, 0.1) is 18.8 Å². The van der Waals surface area contributed by atoms with E-state index in [0.717, 1.165) is 16.6 Å². The van der Waals surface area contributed by atoms with Crippen LogP contribution in [0.2, 0.25) is 0 Å². The molecule has 0 spiro atoms. The molecule has 1 aromatic rings. The number of carbonyl (C=O) groups is 1. The summed E-state index contributed by atoms with van der Waals surface area (Å²) in [6.07, 6.45) is 5.19. The molecular formula is C19H23BrN2O3. The van der Waals surface area contributed by atoms with Gasteiger partial charge in [-0.05, 0) is 23.6 Å². The van der Waals surface area contributed by atoms with Gasteiger partial charge in [0.25, 0.3) is 0 Å². The Morgan fingerprint density at radius 2 is 2.12 bits per heavy atom. The van der Waals surface area contributed by atoms with E-state index >= 15 is 0 Å². The van der Waals surface area contributed by atoms with Gasteiger partial charge in [0.2, 0.25) is 0 Å². The molecule has 1 atom stereocenters. The summed E-state index contributed by atoms with van der Waals surface area (Å²) in [7, 11) is 0. The molecule has 0 radical (unpaired) electrons. The van der Waals surface area contributed by atoms with Crippen molar-refractivity contribution in [2.45, 2.75) is 33.3 Å². The molecule has 0 saturated carbocycles. The van der Waals surface area contributed by atoms with Gasteiger partial charge in [-0.1, -0.05) is 48.8 Å². The van der Waals surface area contributed by atoms with Crippen molar-refractivity contribution in [2.75, 3.05) is 13.2 Å². The van der Waals surface area contributed by atoms with Gasteiger partial charge in [0.15, 0.2) is 0 Å². The zero-order valence-electron chi connectivity index (χ0n) is 14.7. The third-order valence-corrected chi connectivity index (χ3v) is 5.22. The summed E-state index contributed by atoms with van der Waals surface area (Å²) >= 11 is 3.63. The Morgan fingerprint density at radius 1 is 1.36 bits per heavy atom. The topological polar surface area (TPSA) is 53.0 Å². The van der Waals surface area contributed by atoms with Crippen molar-refractivity contribution >= 4 is 22.0 Å². The van der Waals surface area contributed by atoms with E-state index in [-0.39, 0.29) is 11.5 Å². The zero-order valence-corrected chi connectivity index (χ0v) is 16.3. The molecule has 1 unspecified atom stereocenters. The first kappa shape index (κ1) is 18.0. The first-order valence-corrected chi connectivity index (χ1v) is 9.14. The Hall–Kier alpha value is -1.79. The molecule has 0 saturated heterocycles. The van der Waals surface area contributed by atoms with Crippen LogP contribution >= 0.6 is 15.9 Å². The minimum Gasteiger partial charge on any atom is -0.464 e. The smallest absolute Gasteiger partial charge is 0.415 e. The molecule has 1 N–H and O–H groups in total. The van der Waals surface area contributed by atoms with Crippen molar-refractivity contribution in [1.29, 1.82) is 0 Å². The average molecular weight is 407 g/mol. The van der Waals surface area contributed by atoms with Gasteiger partial charge in [0.1, 0.15) is 6.10 Å². The van der Waals surface area contributed by atoms with Crippen LogP contribution in [0.15, 0.2) is 47.0 Å². The maximum atomic E-state index is 11.5. The van der Waals surface area contributed by atoms with Crippen molar-refractivity contribution in [2.24, 2.45) is 5.41 Å². The number of halogens is 1. The lowest BCUT2D eigenvalue weighted by atomic mass is 9.91. The minimum absolute atomic E-state index is 0.0419. The molecule has 6 heteroatoms. The fourth-order valence-electron chi connectivity index (χ4n) is 3.21. The van der Waals surface area contributed by atoms with Gasteiger partial charge in [-0.2, -0.15) is 0 Å². The number of rotatable bonds is 2. The Labute approximate surface area is 156 Å². The van der Waals surface area contributed by atoms with Gasteiger partial charge in [-0.3, -0.25) is 4.90 Å². The van der Waals surface area contributed by atoms with Crippen molar-refractivity contribution in [3.8, 4) is 0 Å². The van der Waals surface area contributed by atoms with Crippen LogP contribution in [0.3, 0.4) is 0 Å². The molecule has 0 bridgehead atoms. The summed E-state index contributed by atoms with van der Waals surface area (Å²) in [5, 5.41) is 9.43. The van der Waals surface area contributed by atoms with Gasteiger partial charge in [-0.25, -0.2) is 4.79 Å². The lowest BCUT2D eigenvalue weighted by Gasteiger charge is -2.36. The first-order chi connectivity index (χ1) is 11.8. The van der Waals surface area contributed by atoms with E-state index in [1.165, 1.54) is 16.0 Å². The maximum absolute atomic E-state index is 11.5. The highest BCUT2D eigenvalue weighted by molar-refractivity contribution is 9.10. The molecule has 1 amide bonds. The lowest BCUT2D eigenvalue weighted by molar-refractivity contribution is 0.0298. The second-order valence-electron chi connectivity index (χ2n) is 7.33. The predicted octanol–water partition coefficient (Wildman–Crippen LogP) is 4.72. The Bertz CT molecular complexity index is 737. The molecule has 25 heavy (non-hydrogen) atoms. The van der Waals surface area contributed by atoms with Crippen LogP contribution < -0.4 is 0 Å². The van der Waals surface area contributed by atoms with Crippen LogP contribution in [-0.2, 0) is 11.2 Å². The Balaban J connectivity index is 1.85. The van der Waals surface area contributed by atoms with Crippen molar-refractivity contribution < 1.29 is 14.6 Å². The molecule has 5 nitrogen and oxygen atoms in total. The first-order valence-electron chi connectivity index (χ1n) is 8.35. The second-order valence-corrected chi connectivity index (χ2v) is 8.18. The second kappa shape index (κ2) is 6.84. The van der Waals surface area contributed by atoms with Crippen LogP contribution in [0.25, 0.3) is 0 Å². The number of ether oxygens (including phenoxy) is 1. The maximum Gasteiger partial charge on any atom is 0.415 e. The molecule has 0 fully saturated rings. The summed E-state index contributed by atoms with van der Waals surface area (Å²) in [6.45, 7) is 7.36.